The highest BCUT2D eigenvalue weighted by molar-refractivity contribution is 5.94. The second-order valence-electron chi connectivity index (χ2n) is 5.30. The lowest BCUT2D eigenvalue weighted by Crippen LogP contribution is -2.44. The normalized spacial score (nSPS) is 18.7. The molecule has 1 aromatic rings. The van der Waals surface area contributed by atoms with Gasteiger partial charge in [0.15, 0.2) is 0 Å². The predicted molar refractivity (Wildman–Crippen MR) is 77.2 cm³/mol. The molecule has 5 heteroatoms. The zero-order valence-electron chi connectivity index (χ0n) is 11.8. The van der Waals surface area contributed by atoms with Crippen molar-refractivity contribution in [1.29, 1.82) is 0 Å². The Morgan fingerprint density at radius 1 is 1.35 bits per heavy atom. The van der Waals surface area contributed by atoms with Gasteiger partial charge in [-0.05, 0) is 50.8 Å². The highest BCUT2D eigenvalue weighted by atomic mass is 16.4. The lowest BCUT2D eigenvalue weighted by molar-refractivity contribution is 0.0697. The van der Waals surface area contributed by atoms with Gasteiger partial charge >= 0.3 is 12.0 Å². The molecule has 1 aliphatic heterocycles. The molecule has 108 valence electrons. The SMILES string of the molecule is Cc1ccc(C(=O)O)cc1NC(=O)N1CCCCC1C. The molecule has 1 fully saturated rings. The fourth-order valence-electron chi connectivity index (χ4n) is 2.48. The van der Waals surface area contributed by atoms with E-state index >= 15 is 0 Å². The van der Waals surface area contributed by atoms with Gasteiger partial charge in [-0.25, -0.2) is 9.59 Å². The van der Waals surface area contributed by atoms with Crippen LogP contribution in [0.2, 0.25) is 0 Å². The number of rotatable bonds is 2. The summed E-state index contributed by atoms with van der Waals surface area (Å²) in [5.41, 5.74) is 1.60. The summed E-state index contributed by atoms with van der Waals surface area (Å²) in [6.45, 7) is 4.64. The summed E-state index contributed by atoms with van der Waals surface area (Å²) in [5, 5.41) is 11.8. The van der Waals surface area contributed by atoms with Crippen molar-refractivity contribution in [3.05, 3.63) is 29.3 Å². The van der Waals surface area contributed by atoms with Gasteiger partial charge in [-0.15, -0.1) is 0 Å². The number of hydrogen-bond acceptors (Lipinski definition) is 2. The Morgan fingerprint density at radius 2 is 2.10 bits per heavy atom. The summed E-state index contributed by atoms with van der Waals surface area (Å²) in [5.74, 6) is -0.994. The smallest absolute Gasteiger partial charge is 0.335 e. The lowest BCUT2D eigenvalue weighted by Gasteiger charge is -2.33. The van der Waals surface area contributed by atoms with Crippen molar-refractivity contribution in [2.24, 2.45) is 0 Å². The Kier molecular flexibility index (Phi) is 4.27. The number of benzene rings is 1. The fourth-order valence-corrected chi connectivity index (χ4v) is 2.48. The molecule has 0 spiro atoms. The number of carbonyl (C=O) groups excluding carboxylic acids is 1. The fraction of sp³-hybridized carbons (Fsp3) is 0.467. The molecule has 0 aliphatic carbocycles. The minimum atomic E-state index is -0.994. The Bertz CT molecular complexity index is 528. The van der Waals surface area contributed by atoms with E-state index in [2.05, 4.69) is 5.32 Å². The van der Waals surface area contributed by atoms with Crippen LogP contribution in [0.15, 0.2) is 18.2 Å². The summed E-state index contributed by atoms with van der Waals surface area (Å²) in [6, 6.07) is 4.83. The van der Waals surface area contributed by atoms with E-state index in [1.807, 2.05) is 18.7 Å². The predicted octanol–water partition coefficient (Wildman–Crippen LogP) is 3.10. The van der Waals surface area contributed by atoms with Crippen LogP contribution >= 0.6 is 0 Å². The Hall–Kier alpha value is -2.04. The number of carboxylic acid groups (broad SMARTS) is 1. The van der Waals surface area contributed by atoms with Crippen LogP contribution in [0.4, 0.5) is 10.5 Å². The molecule has 1 unspecified atom stereocenters. The van der Waals surface area contributed by atoms with Crippen LogP contribution in [0.3, 0.4) is 0 Å². The van der Waals surface area contributed by atoms with Gasteiger partial charge in [0.2, 0.25) is 0 Å². The number of aryl methyl sites for hydroxylation is 1. The van der Waals surface area contributed by atoms with Gasteiger partial charge in [0, 0.05) is 18.3 Å². The first-order valence-electron chi connectivity index (χ1n) is 6.90. The third-order valence-electron chi connectivity index (χ3n) is 3.79. The van der Waals surface area contributed by atoms with E-state index in [0.29, 0.717) is 5.69 Å². The minimum Gasteiger partial charge on any atom is -0.478 e. The van der Waals surface area contributed by atoms with Gasteiger partial charge in [-0.3, -0.25) is 0 Å². The molecule has 0 bridgehead atoms. The van der Waals surface area contributed by atoms with Crippen molar-refractivity contribution < 1.29 is 14.7 Å². The van der Waals surface area contributed by atoms with E-state index in [1.54, 1.807) is 6.07 Å². The van der Waals surface area contributed by atoms with Gasteiger partial charge in [-0.1, -0.05) is 6.07 Å². The summed E-state index contributed by atoms with van der Waals surface area (Å²) in [6.07, 6.45) is 3.19. The third kappa shape index (κ3) is 3.10. The topological polar surface area (TPSA) is 69.6 Å². The number of carboxylic acids is 1. The number of aromatic carboxylic acids is 1. The van der Waals surface area contributed by atoms with Crippen molar-refractivity contribution in [1.82, 2.24) is 4.90 Å². The van der Waals surface area contributed by atoms with Crippen LogP contribution in [0.25, 0.3) is 0 Å². The van der Waals surface area contributed by atoms with Crippen molar-refractivity contribution in [2.75, 3.05) is 11.9 Å². The molecule has 2 amide bonds. The van der Waals surface area contributed by atoms with Crippen molar-refractivity contribution in [3.63, 3.8) is 0 Å². The second kappa shape index (κ2) is 5.94. The maximum absolute atomic E-state index is 12.3. The van der Waals surface area contributed by atoms with Crippen LogP contribution in [0.1, 0.15) is 42.1 Å². The first-order chi connectivity index (χ1) is 9.49. The van der Waals surface area contributed by atoms with E-state index in [1.165, 1.54) is 12.1 Å². The van der Waals surface area contributed by atoms with Crippen LogP contribution in [0.5, 0.6) is 0 Å². The Morgan fingerprint density at radius 3 is 2.75 bits per heavy atom. The van der Waals surface area contributed by atoms with Gasteiger partial charge < -0.3 is 15.3 Å². The molecule has 2 N–H and O–H groups in total. The number of hydrogen-bond donors (Lipinski definition) is 2. The number of likely N-dealkylation sites (tertiary alicyclic amines) is 1. The number of nitrogens with one attached hydrogen (secondary N) is 1. The molecule has 0 aromatic heterocycles. The van der Waals surface area contributed by atoms with Gasteiger partial charge in [-0.2, -0.15) is 0 Å². The summed E-state index contributed by atoms with van der Waals surface area (Å²) in [7, 11) is 0. The molecule has 1 saturated heterocycles. The molecule has 1 heterocycles. The van der Waals surface area contributed by atoms with E-state index in [4.69, 9.17) is 5.11 Å². The number of carbonyl (C=O) groups is 2. The van der Waals surface area contributed by atoms with Crippen LogP contribution in [0, 0.1) is 6.92 Å². The van der Waals surface area contributed by atoms with Gasteiger partial charge in [0.05, 0.1) is 5.56 Å². The molecular formula is C15H20N2O3. The number of urea groups is 1. The highest BCUT2D eigenvalue weighted by Gasteiger charge is 2.23. The summed E-state index contributed by atoms with van der Waals surface area (Å²) < 4.78 is 0. The zero-order chi connectivity index (χ0) is 14.7. The van der Waals surface area contributed by atoms with Crippen molar-refractivity contribution >= 4 is 17.7 Å². The maximum atomic E-state index is 12.3. The molecular weight excluding hydrogens is 256 g/mol. The molecule has 0 radical (unpaired) electrons. The Labute approximate surface area is 118 Å². The zero-order valence-corrected chi connectivity index (χ0v) is 11.8. The van der Waals surface area contributed by atoms with Gasteiger partial charge in [0.25, 0.3) is 0 Å². The van der Waals surface area contributed by atoms with E-state index in [0.717, 1.165) is 31.4 Å². The standard InChI is InChI=1S/C15H20N2O3/c1-10-6-7-12(14(18)19)9-13(10)16-15(20)17-8-4-3-5-11(17)2/h6-7,9,11H,3-5,8H2,1-2H3,(H,16,20)(H,18,19). The van der Waals surface area contributed by atoms with Gasteiger partial charge in [0.1, 0.15) is 0 Å². The largest absolute Gasteiger partial charge is 0.478 e. The van der Waals surface area contributed by atoms with Crippen molar-refractivity contribution in [2.45, 2.75) is 39.2 Å². The molecule has 5 nitrogen and oxygen atoms in total. The first-order valence-corrected chi connectivity index (χ1v) is 6.90. The number of piperidine rings is 1. The molecule has 20 heavy (non-hydrogen) atoms. The first kappa shape index (κ1) is 14.4. The molecule has 0 saturated carbocycles. The van der Waals surface area contributed by atoms with E-state index in [-0.39, 0.29) is 17.6 Å². The average molecular weight is 276 g/mol. The van der Waals surface area contributed by atoms with Crippen LogP contribution < -0.4 is 5.32 Å². The van der Waals surface area contributed by atoms with Crippen LogP contribution in [-0.2, 0) is 0 Å². The van der Waals surface area contributed by atoms with Crippen LogP contribution in [-0.4, -0.2) is 34.6 Å². The number of nitrogens with zero attached hydrogens (tertiary/aromatic N) is 1. The summed E-state index contributed by atoms with van der Waals surface area (Å²) >= 11 is 0. The highest BCUT2D eigenvalue weighted by Crippen LogP contribution is 2.21. The quantitative estimate of drug-likeness (QED) is 0.872. The third-order valence-corrected chi connectivity index (χ3v) is 3.79. The molecule has 1 aromatic carbocycles. The monoisotopic (exact) mass is 276 g/mol. The molecule has 1 atom stereocenters. The molecule has 2 rings (SSSR count). The van der Waals surface area contributed by atoms with Crippen molar-refractivity contribution in [3.8, 4) is 0 Å². The van der Waals surface area contributed by atoms with E-state index < -0.39 is 5.97 Å². The lowest BCUT2D eigenvalue weighted by atomic mass is 10.0. The number of anilines is 1. The maximum Gasteiger partial charge on any atom is 0.335 e. The summed E-state index contributed by atoms with van der Waals surface area (Å²) in [4.78, 5) is 25.1. The Balaban J connectivity index is 2.14. The average Bonchev–Trinajstić information content (AvgIpc) is 2.41. The second-order valence-corrected chi connectivity index (χ2v) is 5.30. The minimum absolute atomic E-state index is 0.150. The van der Waals surface area contributed by atoms with E-state index in [9.17, 15) is 9.59 Å². The number of amides is 2. The molecule has 1 aliphatic rings.